The molecule has 17 heavy (non-hydrogen) atoms. The van der Waals surface area contributed by atoms with Gasteiger partial charge in [0.15, 0.2) is 0 Å². The summed E-state index contributed by atoms with van der Waals surface area (Å²) in [5.74, 6) is 0. The van der Waals surface area contributed by atoms with E-state index in [9.17, 15) is 4.79 Å². The molecule has 0 aliphatic heterocycles. The number of hydrogen-bond acceptors (Lipinski definition) is 3. The molecular weight excluding hydrogens is 216 g/mol. The summed E-state index contributed by atoms with van der Waals surface area (Å²) in [4.78, 5) is 11.8. The van der Waals surface area contributed by atoms with E-state index in [-0.39, 0.29) is 11.6 Å². The molecule has 1 rings (SSSR count). The fourth-order valence-corrected chi connectivity index (χ4v) is 1.87. The molecule has 1 aliphatic carbocycles. The first kappa shape index (κ1) is 14.3. The van der Waals surface area contributed by atoms with E-state index >= 15 is 0 Å². The normalized spacial score (nSPS) is 18.7. The van der Waals surface area contributed by atoms with Crippen LogP contribution in [0.2, 0.25) is 0 Å². The van der Waals surface area contributed by atoms with Gasteiger partial charge in [-0.25, -0.2) is 4.79 Å². The molecule has 0 aromatic heterocycles. The van der Waals surface area contributed by atoms with Crippen molar-refractivity contribution >= 4 is 6.09 Å². The van der Waals surface area contributed by atoms with E-state index in [4.69, 9.17) is 4.74 Å². The molecular formula is C13H26N2O2. The topological polar surface area (TPSA) is 50.4 Å². The molecule has 0 bridgehead atoms. The van der Waals surface area contributed by atoms with Gasteiger partial charge in [-0.15, -0.1) is 0 Å². The van der Waals surface area contributed by atoms with Crippen LogP contribution in [0.3, 0.4) is 0 Å². The summed E-state index contributed by atoms with van der Waals surface area (Å²) in [5.41, 5.74) is -0.521. The van der Waals surface area contributed by atoms with E-state index in [1.54, 1.807) is 0 Å². The van der Waals surface area contributed by atoms with Crippen molar-refractivity contribution in [3.8, 4) is 0 Å². The van der Waals surface area contributed by atoms with Gasteiger partial charge in [-0.3, -0.25) is 0 Å². The van der Waals surface area contributed by atoms with Crippen LogP contribution in [0.1, 0.15) is 53.9 Å². The predicted octanol–water partition coefficient (Wildman–Crippen LogP) is 2.43. The first-order valence-corrected chi connectivity index (χ1v) is 6.47. The second-order valence-corrected chi connectivity index (χ2v) is 6.30. The van der Waals surface area contributed by atoms with Crippen molar-refractivity contribution in [3.63, 3.8) is 0 Å². The highest BCUT2D eigenvalue weighted by Gasteiger charge is 2.39. The van der Waals surface area contributed by atoms with Crippen LogP contribution in [0.4, 0.5) is 4.79 Å². The summed E-state index contributed by atoms with van der Waals surface area (Å²) in [7, 11) is 0. The molecule has 0 spiro atoms. The molecule has 1 aliphatic rings. The summed E-state index contributed by atoms with van der Waals surface area (Å²) >= 11 is 0. The van der Waals surface area contributed by atoms with E-state index in [1.807, 2.05) is 20.8 Å². The number of nitrogens with one attached hydrogen (secondary N) is 2. The van der Waals surface area contributed by atoms with Gasteiger partial charge in [0, 0.05) is 12.6 Å². The Bertz CT molecular complexity index is 265. The molecule has 1 amide bonds. The molecule has 2 N–H and O–H groups in total. The smallest absolute Gasteiger partial charge is 0.408 e. The third-order valence-electron chi connectivity index (χ3n) is 2.93. The Labute approximate surface area is 104 Å². The zero-order valence-corrected chi connectivity index (χ0v) is 11.7. The number of ether oxygens (including phenoxy) is 1. The molecule has 0 unspecified atom stereocenters. The molecule has 4 heteroatoms. The van der Waals surface area contributed by atoms with E-state index in [0.717, 1.165) is 19.4 Å². The molecule has 1 fully saturated rings. The van der Waals surface area contributed by atoms with Gasteiger partial charge in [0.1, 0.15) is 5.60 Å². The minimum Gasteiger partial charge on any atom is -0.444 e. The first-order valence-electron chi connectivity index (χ1n) is 6.47. The maximum Gasteiger partial charge on any atom is 0.408 e. The number of carbonyl (C=O) groups excluding carboxylic acids is 1. The summed E-state index contributed by atoms with van der Waals surface area (Å²) in [6.45, 7) is 10.7. The monoisotopic (exact) mass is 242 g/mol. The van der Waals surface area contributed by atoms with Crippen molar-refractivity contribution in [3.05, 3.63) is 0 Å². The van der Waals surface area contributed by atoms with E-state index in [2.05, 4.69) is 24.5 Å². The number of hydrogen-bond donors (Lipinski definition) is 2. The Morgan fingerprint density at radius 1 is 1.35 bits per heavy atom. The molecule has 0 radical (unpaired) electrons. The molecule has 1 saturated carbocycles. The van der Waals surface area contributed by atoms with Crippen LogP contribution in [0, 0.1) is 0 Å². The van der Waals surface area contributed by atoms with Gasteiger partial charge < -0.3 is 15.4 Å². The van der Waals surface area contributed by atoms with Crippen molar-refractivity contribution in [1.29, 1.82) is 0 Å². The highest BCUT2D eigenvalue weighted by atomic mass is 16.6. The average molecular weight is 242 g/mol. The van der Waals surface area contributed by atoms with Crippen LogP contribution < -0.4 is 10.6 Å². The van der Waals surface area contributed by atoms with Gasteiger partial charge in [0.05, 0.1) is 5.54 Å². The van der Waals surface area contributed by atoms with Crippen LogP contribution in [0.25, 0.3) is 0 Å². The third kappa shape index (κ3) is 4.94. The number of carbonyl (C=O) groups is 1. The fourth-order valence-electron chi connectivity index (χ4n) is 1.87. The SMILES string of the molecule is CC(C)NCC1(NC(=O)OC(C)(C)C)CCC1. The second-order valence-electron chi connectivity index (χ2n) is 6.30. The lowest BCUT2D eigenvalue weighted by atomic mass is 9.76. The van der Waals surface area contributed by atoms with Crippen molar-refractivity contribution in [1.82, 2.24) is 10.6 Å². The zero-order chi connectivity index (χ0) is 13.1. The predicted molar refractivity (Wildman–Crippen MR) is 69.1 cm³/mol. The van der Waals surface area contributed by atoms with Crippen molar-refractivity contribution in [2.24, 2.45) is 0 Å². The quantitative estimate of drug-likeness (QED) is 0.796. The molecule has 100 valence electrons. The standard InChI is InChI=1S/C13H26N2O2/c1-10(2)14-9-13(7-6-8-13)15-11(16)17-12(3,4)5/h10,14H,6-9H2,1-5H3,(H,15,16). The van der Waals surface area contributed by atoms with Gasteiger partial charge in [-0.1, -0.05) is 13.8 Å². The summed E-state index contributed by atoms with van der Waals surface area (Å²) < 4.78 is 5.30. The van der Waals surface area contributed by atoms with E-state index < -0.39 is 5.60 Å². The molecule has 0 atom stereocenters. The van der Waals surface area contributed by atoms with E-state index in [0.29, 0.717) is 6.04 Å². The van der Waals surface area contributed by atoms with Crippen molar-refractivity contribution in [2.45, 2.75) is 71.1 Å². The fraction of sp³-hybridized carbons (Fsp3) is 0.923. The Morgan fingerprint density at radius 3 is 2.29 bits per heavy atom. The lowest BCUT2D eigenvalue weighted by molar-refractivity contribution is 0.0380. The molecule has 0 aromatic carbocycles. The summed E-state index contributed by atoms with van der Waals surface area (Å²) in [6, 6.07) is 0.438. The second kappa shape index (κ2) is 5.25. The van der Waals surface area contributed by atoms with Crippen LogP contribution in [0.15, 0.2) is 0 Å². The van der Waals surface area contributed by atoms with Gasteiger partial charge in [-0.2, -0.15) is 0 Å². The zero-order valence-electron chi connectivity index (χ0n) is 11.7. The van der Waals surface area contributed by atoms with Crippen LogP contribution in [-0.2, 0) is 4.74 Å². The molecule has 0 heterocycles. The minimum atomic E-state index is -0.430. The molecule has 4 nitrogen and oxygen atoms in total. The number of amides is 1. The lowest BCUT2D eigenvalue weighted by Crippen LogP contribution is -2.60. The van der Waals surface area contributed by atoms with E-state index in [1.165, 1.54) is 6.42 Å². The number of alkyl carbamates (subject to hydrolysis) is 1. The highest BCUT2D eigenvalue weighted by Crippen LogP contribution is 2.31. The highest BCUT2D eigenvalue weighted by molar-refractivity contribution is 5.69. The summed E-state index contributed by atoms with van der Waals surface area (Å²) in [6.07, 6.45) is 2.94. The molecule has 0 aromatic rings. The van der Waals surface area contributed by atoms with Gasteiger partial charge in [0.2, 0.25) is 0 Å². The Balaban J connectivity index is 2.43. The summed E-state index contributed by atoms with van der Waals surface area (Å²) in [5, 5.41) is 6.40. The van der Waals surface area contributed by atoms with Crippen molar-refractivity contribution < 1.29 is 9.53 Å². The Morgan fingerprint density at radius 2 is 1.94 bits per heavy atom. The number of rotatable bonds is 4. The third-order valence-corrected chi connectivity index (χ3v) is 2.93. The van der Waals surface area contributed by atoms with Crippen LogP contribution in [-0.4, -0.2) is 29.8 Å². The van der Waals surface area contributed by atoms with Crippen molar-refractivity contribution in [2.75, 3.05) is 6.54 Å². The largest absolute Gasteiger partial charge is 0.444 e. The van der Waals surface area contributed by atoms with Crippen LogP contribution in [0.5, 0.6) is 0 Å². The van der Waals surface area contributed by atoms with Crippen LogP contribution >= 0.6 is 0 Å². The van der Waals surface area contributed by atoms with Gasteiger partial charge in [0.25, 0.3) is 0 Å². The Kier molecular flexibility index (Phi) is 4.42. The average Bonchev–Trinajstić information content (AvgIpc) is 2.05. The molecule has 0 saturated heterocycles. The maximum atomic E-state index is 11.8. The Hall–Kier alpha value is -0.770. The van der Waals surface area contributed by atoms with Gasteiger partial charge >= 0.3 is 6.09 Å². The maximum absolute atomic E-state index is 11.8. The minimum absolute atomic E-state index is 0.0907. The lowest BCUT2D eigenvalue weighted by Gasteiger charge is -2.43. The van der Waals surface area contributed by atoms with Gasteiger partial charge in [-0.05, 0) is 40.0 Å². The first-order chi connectivity index (χ1) is 7.72.